The molecule has 0 aliphatic carbocycles. The summed E-state index contributed by atoms with van der Waals surface area (Å²) in [4.78, 5) is 24.8. The van der Waals surface area contributed by atoms with E-state index in [0.717, 1.165) is 15.4 Å². The molecule has 7 heteroatoms. The van der Waals surface area contributed by atoms with Crippen molar-refractivity contribution in [2.75, 3.05) is 16.2 Å². The first-order valence-electron chi connectivity index (χ1n) is 9.74. The predicted octanol–water partition coefficient (Wildman–Crippen LogP) is 4.34. The predicted molar refractivity (Wildman–Crippen MR) is 122 cm³/mol. The zero-order valence-electron chi connectivity index (χ0n) is 17.6. The fourth-order valence-corrected chi connectivity index (χ4v) is 4.56. The van der Waals surface area contributed by atoms with Gasteiger partial charge in [0.05, 0.1) is 22.8 Å². The Hall–Kier alpha value is -3.45. The van der Waals surface area contributed by atoms with Gasteiger partial charge in [-0.3, -0.25) is 13.9 Å². The number of benzene rings is 3. The zero-order chi connectivity index (χ0) is 22.6. The maximum atomic E-state index is 13.6. The lowest BCUT2D eigenvalue weighted by Crippen LogP contribution is -2.36. The van der Waals surface area contributed by atoms with Crippen LogP contribution in [0.5, 0.6) is 0 Å². The van der Waals surface area contributed by atoms with Crippen molar-refractivity contribution in [3.05, 3.63) is 89.5 Å². The van der Waals surface area contributed by atoms with Crippen molar-refractivity contribution in [2.45, 2.75) is 25.7 Å². The normalized spacial score (nSPS) is 11.1. The van der Waals surface area contributed by atoms with E-state index in [4.69, 9.17) is 0 Å². The molecule has 3 rings (SSSR count). The van der Waals surface area contributed by atoms with Crippen LogP contribution in [0.2, 0.25) is 0 Å². The van der Waals surface area contributed by atoms with Gasteiger partial charge in [0.1, 0.15) is 0 Å². The van der Waals surface area contributed by atoms with Crippen molar-refractivity contribution in [1.82, 2.24) is 0 Å². The van der Waals surface area contributed by atoms with E-state index < -0.39 is 16.6 Å². The van der Waals surface area contributed by atoms with Gasteiger partial charge in [0.2, 0.25) is 5.91 Å². The van der Waals surface area contributed by atoms with Crippen molar-refractivity contribution in [3.63, 3.8) is 0 Å². The molecule has 0 saturated heterocycles. The molecule has 1 N–H and O–H groups in total. The molecule has 0 radical (unpaired) electrons. The van der Waals surface area contributed by atoms with Crippen LogP contribution in [0.3, 0.4) is 0 Å². The molecule has 31 heavy (non-hydrogen) atoms. The van der Waals surface area contributed by atoms with E-state index in [-0.39, 0.29) is 22.3 Å². The highest BCUT2D eigenvalue weighted by Gasteiger charge is 2.29. The van der Waals surface area contributed by atoms with Crippen molar-refractivity contribution in [2.24, 2.45) is 0 Å². The minimum atomic E-state index is -4.09. The molecular formula is C24H24N2O4S. The Morgan fingerprint density at radius 3 is 2.10 bits per heavy atom. The highest BCUT2D eigenvalue weighted by Crippen LogP contribution is 2.32. The number of hydrogen-bond acceptors (Lipinski definition) is 4. The van der Waals surface area contributed by atoms with Crippen LogP contribution in [0, 0.1) is 13.8 Å². The van der Waals surface area contributed by atoms with Crippen LogP contribution in [-0.4, -0.2) is 26.7 Å². The molecule has 160 valence electrons. The zero-order valence-corrected chi connectivity index (χ0v) is 18.4. The van der Waals surface area contributed by atoms with Crippen molar-refractivity contribution < 1.29 is 18.0 Å². The lowest BCUT2D eigenvalue weighted by molar-refractivity contribution is -0.114. The standard InChI is InChI=1S/C24H24N2O4S/c1-17-9-12-21(13-10-17)31(29,30)26(16-24(28)20-7-5-4-6-8-20)23-15-18(2)11-14-22(23)25-19(3)27/h4-15H,16H2,1-3H3,(H,25,27). The summed E-state index contributed by atoms with van der Waals surface area (Å²) in [5.41, 5.74) is 2.66. The minimum absolute atomic E-state index is 0.0641. The number of hydrogen-bond donors (Lipinski definition) is 1. The van der Waals surface area contributed by atoms with Gasteiger partial charge in [-0.1, -0.05) is 54.1 Å². The second kappa shape index (κ2) is 9.14. The molecule has 0 aromatic heterocycles. The fraction of sp³-hybridized carbons (Fsp3) is 0.167. The SMILES string of the molecule is CC(=O)Nc1ccc(C)cc1N(CC(=O)c1ccccc1)S(=O)(=O)c1ccc(C)cc1. The van der Waals surface area contributed by atoms with Crippen LogP contribution in [-0.2, 0) is 14.8 Å². The number of Topliss-reactive ketones (excluding diaryl/α,β-unsaturated/α-hetero) is 1. The van der Waals surface area contributed by atoms with E-state index >= 15 is 0 Å². The molecule has 3 aromatic carbocycles. The van der Waals surface area contributed by atoms with Gasteiger partial charge in [0, 0.05) is 12.5 Å². The van der Waals surface area contributed by atoms with Gasteiger partial charge in [0.25, 0.3) is 10.0 Å². The molecule has 0 spiro atoms. The number of ketones is 1. The Morgan fingerprint density at radius 2 is 1.48 bits per heavy atom. The van der Waals surface area contributed by atoms with E-state index in [1.165, 1.54) is 19.1 Å². The smallest absolute Gasteiger partial charge is 0.264 e. The Balaban J connectivity index is 2.15. The Bertz CT molecular complexity index is 1200. The summed E-state index contributed by atoms with van der Waals surface area (Å²) in [6, 6.07) is 20.0. The molecular weight excluding hydrogens is 412 g/mol. The maximum absolute atomic E-state index is 13.6. The number of nitrogens with one attached hydrogen (secondary N) is 1. The number of anilines is 2. The third-order valence-electron chi connectivity index (χ3n) is 4.72. The van der Waals surface area contributed by atoms with E-state index in [2.05, 4.69) is 5.32 Å². The Kier molecular flexibility index (Phi) is 6.56. The molecule has 0 aliphatic heterocycles. The number of carbonyl (C=O) groups is 2. The first-order chi connectivity index (χ1) is 14.7. The van der Waals surface area contributed by atoms with Crippen LogP contribution in [0.4, 0.5) is 11.4 Å². The van der Waals surface area contributed by atoms with Crippen LogP contribution in [0.1, 0.15) is 28.4 Å². The molecule has 0 saturated carbocycles. The fourth-order valence-electron chi connectivity index (χ4n) is 3.13. The topological polar surface area (TPSA) is 83.6 Å². The van der Waals surface area contributed by atoms with Gasteiger partial charge in [-0.25, -0.2) is 8.42 Å². The van der Waals surface area contributed by atoms with Crippen molar-refractivity contribution >= 4 is 33.1 Å². The van der Waals surface area contributed by atoms with Crippen molar-refractivity contribution in [3.8, 4) is 0 Å². The van der Waals surface area contributed by atoms with E-state index in [0.29, 0.717) is 11.3 Å². The maximum Gasteiger partial charge on any atom is 0.264 e. The number of carbonyl (C=O) groups excluding carboxylic acids is 2. The summed E-state index contributed by atoms with van der Waals surface area (Å²) >= 11 is 0. The third-order valence-corrected chi connectivity index (χ3v) is 6.50. The molecule has 0 bridgehead atoms. The number of nitrogens with zero attached hydrogens (tertiary/aromatic N) is 1. The van der Waals surface area contributed by atoms with Gasteiger partial charge in [0.15, 0.2) is 5.78 Å². The van der Waals surface area contributed by atoms with Crippen LogP contribution in [0.25, 0.3) is 0 Å². The summed E-state index contributed by atoms with van der Waals surface area (Å²) in [6.45, 7) is 4.62. The average molecular weight is 437 g/mol. The third kappa shape index (κ3) is 5.19. The van der Waals surface area contributed by atoms with Gasteiger partial charge in [-0.05, 0) is 43.7 Å². The Labute approximate surface area is 182 Å². The number of sulfonamides is 1. The molecule has 0 atom stereocenters. The van der Waals surface area contributed by atoms with E-state index in [1.54, 1.807) is 60.7 Å². The van der Waals surface area contributed by atoms with Gasteiger partial charge >= 0.3 is 0 Å². The lowest BCUT2D eigenvalue weighted by Gasteiger charge is -2.26. The summed E-state index contributed by atoms with van der Waals surface area (Å²) < 4.78 is 28.3. The van der Waals surface area contributed by atoms with Crippen LogP contribution < -0.4 is 9.62 Å². The molecule has 0 unspecified atom stereocenters. The van der Waals surface area contributed by atoms with Crippen LogP contribution in [0.15, 0.2) is 77.7 Å². The number of amides is 1. The van der Waals surface area contributed by atoms with Gasteiger partial charge < -0.3 is 5.32 Å². The minimum Gasteiger partial charge on any atom is -0.325 e. The molecule has 6 nitrogen and oxygen atoms in total. The van der Waals surface area contributed by atoms with E-state index in [1.807, 2.05) is 13.8 Å². The largest absolute Gasteiger partial charge is 0.325 e. The lowest BCUT2D eigenvalue weighted by atomic mass is 10.1. The molecule has 0 fully saturated rings. The summed E-state index contributed by atoms with van der Waals surface area (Å²) in [7, 11) is -4.09. The molecule has 1 amide bonds. The van der Waals surface area contributed by atoms with Gasteiger partial charge in [-0.15, -0.1) is 0 Å². The highest BCUT2D eigenvalue weighted by molar-refractivity contribution is 7.92. The van der Waals surface area contributed by atoms with Crippen molar-refractivity contribution in [1.29, 1.82) is 0 Å². The molecule has 0 heterocycles. The summed E-state index contributed by atoms with van der Waals surface area (Å²) in [5.74, 6) is -0.696. The van der Waals surface area contributed by atoms with Crippen LogP contribution >= 0.6 is 0 Å². The molecule has 3 aromatic rings. The Morgan fingerprint density at radius 1 is 0.871 bits per heavy atom. The van der Waals surface area contributed by atoms with Gasteiger partial charge in [-0.2, -0.15) is 0 Å². The molecule has 0 aliphatic rings. The summed E-state index contributed by atoms with van der Waals surface area (Å²) in [5, 5.41) is 2.67. The quantitative estimate of drug-likeness (QED) is 0.559. The first kappa shape index (κ1) is 22.2. The summed E-state index contributed by atoms with van der Waals surface area (Å²) in [6.07, 6.45) is 0. The number of rotatable bonds is 7. The number of aryl methyl sites for hydroxylation is 2. The second-order valence-electron chi connectivity index (χ2n) is 7.32. The highest BCUT2D eigenvalue weighted by atomic mass is 32.2. The average Bonchev–Trinajstić information content (AvgIpc) is 2.74. The second-order valence-corrected chi connectivity index (χ2v) is 9.18. The van der Waals surface area contributed by atoms with E-state index in [9.17, 15) is 18.0 Å². The first-order valence-corrected chi connectivity index (χ1v) is 11.2. The monoisotopic (exact) mass is 436 g/mol.